The Hall–Kier alpha value is -1.71. The van der Waals surface area contributed by atoms with Crippen LogP contribution in [0.25, 0.3) is 0 Å². The van der Waals surface area contributed by atoms with Crippen LogP contribution in [0, 0.1) is 0 Å². The summed E-state index contributed by atoms with van der Waals surface area (Å²) < 4.78 is 21.5. The van der Waals surface area contributed by atoms with Gasteiger partial charge in [0.15, 0.2) is 12.2 Å². The maximum atomic E-state index is 11.5. The fourth-order valence-electron chi connectivity index (χ4n) is 3.38. The molecule has 0 aliphatic carbocycles. The molecule has 2 rings (SSSR count). The van der Waals surface area contributed by atoms with E-state index < -0.39 is 48.6 Å². The van der Waals surface area contributed by atoms with Crippen LogP contribution in [0.4, 0.5) is 0 Å². The number of hydrogen-bond donors (Lipinski definition) is 1. The third-order valence-electron chi connectivity index (χ3n) is 4.44. The number of carbonyl (C=O) groups excluding carboxylic acids is 3. The number of aliphatic hydroxyl groups excluding tert-OH is 1. The predicted molar refractivity (Wildman–Crippen MR) is 87.8 cm³/mol. The first-order valence-electron chi connectivity index (χ1n) is 8.85. The lowest BCUT2D eigenvalue weighted by molar-refractivity contribution is -0.276. The van der Waals surface area contributed by atoms with Crippen LogP contribution < -0.4 is 0 Å². The Balaban J connectivity index is 2.25. The number of piperidine rings is 1. The van der Waals surface area contributed by atoms with Gasteiger partial charge in [-0.05, 0) is 12.8 Å². The lowest BCUT2D eigenvalue weighted by atomic mass is 9.96. The number of ether oxygens (including phenoxy) is 4. The maximum Gasteiger partial charge on any atom is 0.303 e. The van der Waals surface area contributed by atoms with Gasteiger partial charge in [-0.1, -0.05) is 6.42 Å². The molecular weight excluding hydrogens is 346 g/mol. The van der Waals surface area contributed by atoms with Crippen molar-refractivity contribution in [2.45, 2.75) is 70.7 Å². The third-order valence-corrected chi connectivity index (χ3v) is 4.44. The smallest absolute Gasteiger partial charge is 0.303 e. The van der Waals surface area contributed by atoms with Crippen molar-refractivity contribution in [1.29, 1.82) is 0 Å². The molecule has 2 heterocycles. The van der Waals surface area contributed by atoms with E-state index in [4.69, 9.17) is 18.9 Å². The molecule has 9 heteroatoms. The quantitative estimate of drug-likeness (QED) is 0.525. The SMILES string of the molecule is CC(=O)OCC1OC(N2CCCCC2)C(O)C(OC(C)=O)C1OC(C)=O. The molecule has 2 fully saturated rings. The van der Waals surface area contributed by atoms with Gasteiger partial charge >= 0.3 is 17.9 Å². The zero-order chi connectivity index (χ0) is 19.3. The number of carbonyl (C=O) groups is 3. The third kappa shape index (κ3) is 5.39. The van der Waals surface area contributed by atoms with Crippen LogP contribution >= 0.6 is 0 Å². The number of nitrogens with zero attached hydrogens (tertiary/aromatic N) is 1. The van der Waals surface area contributed by atoms with E-state index in [0.29, 0.717) is 0 Å². The average Bonchev–Trinajstić information content (AvgIpc) is 2.57. The number of likely N-dealkylation sites (tertiary alicyclic amines) is 1. The molecule has 0 aromatic heterocycles. The molecule has 148 valence electrons. The lowest BCUT2D eigenvalue weighted by Gasteiger charge is -2.47. The molecule has 5 unspecified atom stereocenters. The van der Waals surface area contributed by atoms with Crippen molar-refractivity contribution in [3.8, 4) is 0 Å². The summed E-state index contributed by atoms with van der Waals surface area (Å²) in [6, 6.07) is 0. The number of rotatable bonds is 5. The highest BCUT2D eigenvalue weighted by Crippen LogP contribution is 2.30. The van der Waals surface area contributed by atoms with Crippen LogP contribution in [0.1, 0.15) is 40.0 Å². The topological polar surface area (TPSA) is 112 Å². The summed E-state index contributed by atoms with van der Waals surface area (Å²) in [5, 5.41) is 10.8. The molecule has 0 spiro atoms. The minimum atomic E-state index is -1.20. The van der Waals surface area contributed by atoms with Gasteiger partial charge in [0.1, 0.15) is 25.0 Å². The molecule has 0 saturated carbocycles. The first kappa shape index (κ1) is 20.6. The van der Waals surface area contributed by atoms with Crippen molar-refractivity contribution in [3.05, 3.63) is 0 Å². The van der Waals surface area contributed by atoms with Crippen LogP contribution in [-0.2, 0) is 33.3 Å². The molecule has 2 saturated heterocycles. The Morgan fingerprint density at radius 1 is 0.962 bits per heavy atom. The van der Waals surface area contributed by atoms with Crippen LogP contribution in [0.15, 0.2) is 0 Å². The second kappa shape index (κ2) is 9.29. The van der Waals surface area contributed by atoms with Gasteiger partial charge in [-0.15, -0.1) is 0 Å². The molecule has 0 bridgehead atoms. The molecule has 0 amide bonds. The van der Waals surface area contributed by atoms with E-state index >= 15 is 0 Å². The highest BCUT2D eigenvalue weighted by molar-refractivity contribution is 5.67. The molecule has 26 heavy (non-hydrogen) atoms. The van der Waals surface area contributed by atoms with Crippen molar-refractivity contribution >= 4 is 17.9 Å². The van der Waals surface area contributed by atoms with Gasteiger partial charge in [0, 0.05) is 33.9 Å². The molecular formula is C17H27NO8. The highest BCUT2D eigenvalue weighted by Gasteiger charge is 2.51. The minimum Gasteiger partial charge on any atom is -0.463 e. The van der Waals surface area contributed by atoms with Gasteiger partial charge in [-0.3, -0.25) is 19.3 Å². The zero-order valence-corrected chi connectivity index (χ0v) is 15.4. The molecule has 2 aliphatic heterocycles. The Morgan fingerprint density at radius 2 is 1.54 bits per heavy atom. The maximum absolute atomic E-state index is 11.5. The first-order valence-corrected chi connectivity index (χ1v) is 8.85. The predicted octanol–water partition coefficient (Wildman–Crippen LogP) is -0.0154. The van der Waals surface area contributed by atoms with Gasteiger partial charge in [-0.25, -0.2) is 0 Å². The first-order chi connectivity index (χ1) is 12.3. The number of hydrogen-bond acceptors (Lipinski definition) is 9. The fraction of sp³-hybridized carbons (Fsp3) is 0.824. The summed E-state index contributed by atoms with van der Waals surface area (Å²) in [4.78, 5) is 36.2. The molecule has 0 aromatic rings. The molecule has 1 N–H and O–H groups in total. The normalized spacial score (nSPS) is 32.5. The summed E-state index contributed by atoms with van der Waals surface area (Å²) in [5.41, 5.74) is 0. The summed E-state index contributed by atoms with van der Waals surface area (Å²) in [6.45, 7) is 4.95. The van der Waals surface area contributed by atoms with Crippen LogP contribution in [0.3, 0.4) is 0 Å². The highest BCUT2D eigenvalue weighted by atomic mass is 16.6. The van der Waals surface area contributed by atoms with Gasteiger partial charge in [0.05, 0.1) is 0 Å². The second-order valence-corrected chi connectivity index (χ2v) is 6.60. The summed E-state index contributed by atoms with van der Waals surface area (Å²) in [5.74, 6) is -1.75. The lowest BCUT2D eigenvalue weighted by Crippen LogP contribution is -2.65. The zero-order valence-electron chi connectivity index (χ0n) is 15.4. The van der Waals surface area contributed by atoms with Crippen LogP contribution in [-0.4, -0.2) is 78.3 Å². The Morgan fingerprint density at radius 3 is 2.08 bits per heavy atom. The Bertz CT molecular complexity index is 519. The van der Waals surface area contributed by atoms with Crippen LogP contribution in [0.2, 0.25) is 0 Å². The van der Waals surface area contributed by atoms with Gasteiger partial charge in [0.25, 0.3) is 0 Å². The van der Waals surface area contributed by atoms with E-state index in [2.05, 4.69) is 0 Å². The standard InChI is InChI=1S/C17H27NO8/c1-10(19)23-9-13-15(24-11(2)20)16(25-12(3)21)14(22)17(26-13)18-7-5-4-6-8-18/h13-17,22H,4-9H2,1-3H3. The van der Waals surface area contributed by atoms with Crippen molar-refractivity contribution in [2.75, 3.05) is 19.7 Å². The van der Waals surface area contributed by atoms with Gasteiger partial charge in [0.2, 0.25) is 0 Å². The van der Waals surface area contributed by atoms with Crippen molar-refractivity contribution in [2.24, 2.45) is 0 Å². The van der Waals surface area contributed by atoms with Gasteiger partial charge < -0.3 is 24.1 Å². The average molecular weight is 373 g/mol. The van der Waals surface area contributed by atoms with Crippen molar-refractivity contribution in [1.82, 2.24) is 4.90 Å². The van der Waals surface area contributed by atoms with Crippen molar-refractivity contribution < 1.29 is 38.4 Å². The van der Waals surface area contributed by atoms with Crippen molar-refractivity contribution in [3.63, 3.8) is 0 Å². The summed E-state index contributed by atoms with van der Waals surface area (Å²) >= 11 is 0. The monoisotopic (exact) mass is 373 g/mol. The van der Waals surface area contributed by atoms with Gasteiger partial charge in [-0.2, -0.15) is 0 Å². The van der Waals surface area contributed by atoms with E-state index in [9.17, 15) is 19.5 Å². The van der Waals surface area contributed by atoms with E-state index in [-0.39, 0.29) is 6.61 Å². The Labute approximate surface area is 152 Å². The fourth-order valence-corrected chi connectivity index (χ4v) is 3.38. The van der Waals surface area contributed by atoms with E-state index in [0.717, 1.165) is 32.4 Å². The second-order valence-electron chi connectivity index (χ2n) is 6.60. The summed E-state index contributed by atoms with van der Waals surface area (Å²) in [7, 11) is 0. The van der Waals surface area contributed by atoms with E-state index in [1.54, 1.807) is 0 Å². The minimum absolute atomic E-state index is 0.178. The number of aliphatic hydroxyl groups is 1. The largest absolute Gasteiger partial charge is 0.463 e. The number of esters is 3. The summed E-state index contributed by atoms with van der Waals surface area (Å²) in [6.07, 6.45) is -1.96. The molecule has 0 radical (unpaired) electrons. The molecule has 0 aromatic carbocycles. The molecule has 2 aliphatic rings. The Kier molecular flexibility index (Phi) is 7.36. The molecule has 9 nitrogen and oxygen atoms in total. The van der Waals surface area contributed by atoms with E-state index in [1.165, 1.54) is 20.8 Å². The van der Waals surface area contributed by atoms with E-state index in [1.807, 2.05) is 4.90 Å². The van der Waals surface area contributed by atoms with Crippen LogP contribution in [0.5, 0.6) is 0 Å². The molecule has 5 atom stereocenters.